The first-order valence-electron chi connectivity index (χ1n) is 23.8. The zero-order valence-electron chi connectivity index (χ0n) is 41.0. The lowest BCUT2D eigenvalue weighted by atomic mass is 9.65. The molecule has 4 aliphatic rings. The Labute approximate surface area is 420 Å². The van der Waals surface area contributed by atoms with E-state index in [1.165, 1.54) is 17.4 Å². The van der Waals surface area contributed by atoms with E-state index >= 15 is 0 Å². The summed E-state index contributed by atoms with van der Waals surface area (Å²) in [7, 11) is 0. The Morgan fingerprint density at radius 2 is 1.67 bits per heavy atom. The number of aryl methyl sites for hydroxylation is 1. The van der Waals surface area contributed by atoms with Crippen molar-refractivity contribution in [1.82, 2.24) is 20.5 Å². The van der Waals surface area contributed by atoms with Gasteiger partial charge in [0.2, 0.25) is 17.7 Å². The molecule has 4 fully saturated rings. The molecule has 4 heterocycles. The van der Waals surface area contributed by atoms with E-state index in [0.717, 1.165) is 53.1 Å². The van der Waals surface area contributed by atoms with Gasteiger partial charge in [0.25, 0.3) is 5.91 Å². The van der Waals surface area contributed by atoms with Crippen LogP contribution >= 0.6 is 12.2 Å². The van der Waals surface area contributed by atoms with Gasteiger partial charge in [-0.25, -0.2) is 4.98 Å². The number of aromatic nitrogens is 1. The summed E-state index contributed by atoms with van der Waals surface area (Å²) < 4.78 is 64.8. The molecule has 0 unspecified atom stereocenters. The normalized spacial score (nSPS) is 23.6. The first kappa shape index (κ1) is 51.9. The molecule has 3 N–H and O–H groups in total. The summed E-state index contributed by atoms with van der Waals surface area (Å²) in [5, 5.41) is 25.7. The molecule has 3 saturated heterocycles. The van der Waals surface area contributed by atoms with Gasteiger partial charge in [0.1, 0.15) is 30.0 Å². The van der Waals surface area contributed by atoms with E-state index in [4.69, 9.17) is 30.8 Å². The van der Waals surface area contributed by atoms with Crippen LogP contribution in [0.5, 0.6) is 5.75 Å². The fourth-order valence-corrected chi connectivity index (χ4v) is 10.6. The smallest absolute Gasteiger partial charge is 0.417 e. The minimum atomic E-state index is -4.81. The molecule has 4 aromatic rings. The maximum absolute atomic E-state index is 14.1. The molecule has 1 aliphatic carbocycles. The number of carbonyl (C=O) groups is 4. The molecule has 3 aliphatic heterocycles. The molecule has 382 valence electrons. The number of β-amino-alcohol motifs (C(OH)–C–C–N with tert-alkyl or cyclic N) is 1. The van der Waals surface area contributed by atoms with Crippen LogP contribution in [-0.2, 0) is 34.8 Å². The maximum atomic E-state index is 14.1. The highest BCUT2D eigenvalue weighted by Crippen LogP contribution is 2.51. The van der Waals surface area contributed by atoms with Crippen LogP contribution in [0.15, 0.2) is 77.5 Å². The number of halogens is 3. The molecule has 0 radical (unpaired) electrons. The van der Waals surface area contributed by atoms with Gasteiger partial charge >= 0.3 is 6.18 Å². The van der Waals surface area contributed by atoms with Crippen molar-refractivity contribution < 1.29 is 56.1 Å². The lowest BCUT2D eigenvalue weighted by molar-refractivity contribution is -0.273. The molecule has 1 aromatic heterocycles. The van der Waals surface area contributed by atoms with Crippen LogP contribution < -0.4 is 25.2 Å². The highest BCUT2D eigenvalue weighted by molar-refractivity contribution is 7.81. The van der Waals surface area contributed by atoms with Crippen molar-refractivity contribution in [1.29, 1.82) is 5.26 Å². The summed E-state index contributed by atoms with van der Waals surface area (Å²) in [6.45, 7) is 12.6. The summed E-state index contributed by atoms with van der Waals surface area (Å²) in [5.74, 6) is -0.447. The number of hydrogen-bond acceptors (Lipinski definition) is 12. The van der Waals surface area contributed by atoms with Crippen LogP contribution in [0, 0.1) is 29.6 Å². The highest BCUT2D eigenvalue weighted by atomic mass is 32.1. The summed E-state index contributed by atoms with van der Waals surface area (Å²) in [6.07, 6.45) is -2.19. The number of benzene rings is 3. The van der Waals surface area contributed by atoms with Crippen molar-refractivity contribution >= 4 is 52.3 Å². The van der Waals surface area contributed by atoms with Crippen molar-refractivity contribution in [2.24, 2.45) is 11.3 Å². The molecular weight excluding hydrogens is 956 g/mol. The number of nitriles is 1. The van der Waals surface area contributed by atoms with Crippen LogP contribution in [0.2, 0.25) is 0 Å². The summed E-state index contributed by atoms with van der Waals surface area (Å²) in [6, 6.07) is 16.7. The number of amides is 4. The van der Waals surface area contributed by atoms with Crippen LogP contribution in [0.25, 0.3) is 11.3 Å². The van der Waals surface area contributed by atoms with E-state index in [1.54, 1.807) is 49.1 Å². The van der Waals surface area contributed by atoms with Gasteiger partial charge in [-0.1, -0.05) is 45.0 Å². The Balaban J connectivity index is 0.764. The maximum Gasteiger partial charge on any atom is 0.417 e. The molecule has 8 rings (SSSR count). The van der Waals surface area contributed by atoms with Gasteiger partial charge in [0.15, 0.2) is 17.3 Å². The molecule has 72 heavy (non-hydrogen) atoms. The van der Waals surface area contributed by atoms with E-state index in [9.17, 15) is 42.7 Å². The zero-order valence-corrected chi connectivity index (χ0v) is 41.9. The van der Waals surface area contributed by atoms with E-state index in [1.807, 2.05) is 58.9 Å². The van der Waals surface area contributed by atoms with Gasteiger partial charge in [-0.05, 0) is 112 Å². The number of rotatable bonds is 15. The quantitative estimate of drug-likeness (QED) is 0.102. The van der Waals surface area contributed by atoms with Gasteiger partial charge in [0, 0.05) is 30.6 Å². The third-order valence-electron chi connectivity index (χ3n) is 13.9. The number of hydrogen-bond donors (Lipinski definition) is 3. The molecule has 16 nitrogen and oxygen atoms in total. The SMILES string of the molecule is Cc1ncoc1-c1ccc([C@H](C)NC(=O)[C@@H]2C[C@@H](O)CN2C(=O)[C@@H](NC(=O)COC[C@@H]2CC3(CC(COc4ccc(N5C(=S)N(c6ccc(C#N)c(C(F)(F)F)c6)C(=O)C5(C)C)cc4)C3)O2)C(C)(C)C)cc1. The van der Waals surface area contributed by atoms with Crippen LogP contribution in [0.3, 0.4) is 0 Å². The number of alkyl halides is 3. The monoisotopic (exact) mass is 1010 g/mol. The van der Waals surface area contributed by atoms with Crippen molar-refractivity contribution in [2.75, 3.05) is 36.2 Å². The summed E-state index contributed by atoms with van der Waals surface area (Å²) in [4.78, 5) is 62.7. The average Bonchev–Trinajstić information content (AvgIpc) is 3.96. The lowest BCUT2D eigenvalue weighted by Gasteiger charge is -2.57. The van der Waals surface area contributed by atoms with E-state index in [2.05, 4.69) is 15.6 Å². The van der Waals surface area contributed by atoms with Gasteiger partial charge in [-0.2, -0.15) is 18.4 Å². The zero-order chi connectivity index (χ0) is 52.1. The Morgan fingerprint density at radius 3 is 2.28 bits per heavy atom. The number of likely N-dealkylation sites (tertiary alicyclic amines) is 1. The van der Waals surface area contributed by atoms with E-state index < -0.39 is 76.1 Å². The number of aliphatic hydroxyl groups is 1. The summed E-state index contributed by atoms with van der Waals surface area (Å²) in [5.41, 5.74) is -1.08. The second-order valence-corrected chi connectivity index (χ2v) is 21.1. The number of nitrogens with one attached hydrogen (secondary N) is 2. The number of thiocarbonyl (C=S) groups is 1. The number of nitrogens with zero attached hydrogens (tertiary/aromatic N) is 5. The Hall–Kier alpha value is -6.40. The standard InChI is InChI=1S/C52H58F3N7O9S/c1-29(32-8-10-33(11-9-32)43-30(2)57-28-70-43)58-45(65)41-19-37(63)24-60(41)46(66)44(49(3,4)5)59-42(64)27-68-26-39-22-51(71-39)20-31(21-51)25-69-38-16-14-35(15-17-38)62-48(72)61(47(67)50(62,6)7)36-13-12-34(23-56)40(18-36)52(53,54)55/h8-18,28-29,31,37,39,41,44,63H,19-22,24-27H2,1-7H3,(H,58,65)(H,59,64)/t29-,31?,37+,39-,41-,44+,51?/m0/s1. The largest absolute Gasteiger partial charge is 0.493 e. The van der Waals surface area contributed by atoms with Crippen LogP contribution in [0.1, 0.15) is 95.7 Å². The molecule has 1 spiro atoms. The molecule has 3 aromatic carbocycles. The van der Waals surface area contributed by atoms with Crippen LogP contribution in [0.4, 0.5) is 24.5 Å². The number of oxazole rings is 1. The van der Waals surface area contributed by atoms with Gasteiger partial charge in [-0.15, -0.1) is 0 Å². The predicted octanol–water partition coefficient (Wildman–Crippen LogP) is 7.16. The number of carbonyl (C=O) groups excluding carboxylic acids is 4. The minimum Gasteiger partial charge on any atom is -0.493 e. The van der Waals surface area contributed by atoms with Gasteiger partial charge < -0.3 is 44.2 Å². The fraction of sp³-hybridized carbons (Fsp3) is 0.481. The molecule has 5 atom stereocenters. The fourth-order valence-electron chi connectivity index (χ4n) is 10.1. The van der Waals surface area contributed by atoms with Crippen molar-refractivity contribution in [3.8, 4) is 23.1 Å². The molecule has 4 amide bonds. The van der Waals surface area contributed by atoms with Gasteiger partial charge in [-0.3, -0.25) is 24.1 Å². The topological polar surface area (TPSA) is 200 Å². The Kier molecular flexibility index (Phi) is 14.4. The Bertz CT molecular complexity index is 2760. The predicted molar refractivity (Wildman–Crippen MR) is 261 cm³/mol. The van der Waals surface area contributed by atoms with Crippen molar-refractivity contribution in [3.63, 3.8) is 0 Å². The molecule has 1 saturated carbocycles. The van der Waals surface area contributed by atoms with Crippen molar-refractivity contribution in [2.45, 2.75) is 122 Å². The molecular formula is C52H58F3N7O9S. The first-order chi connectivity index (χ1) is 33.9. The lowest BCUT2D eigenvalue weighted by Crippen LogP contribution is -2.61. The number of anilines is 2. The second kappa shape index (κ2) is 19.9. The number of ether oxygens (including phenoxy) is 3. The van der Waals surface area contributed by atoms with E-state index in [-0.39, 0.29) is 54.6 Å². The van der Waals surface area contributed by atoms with Crippen molar-refractivity contribution in [3.05, 3.63) is 95.5 Å². The third-order valence-corrected chi connectivity index (χ3v) is 14.2. The number of aliphatic hydroxyl groups excluding tert-OH is 1. The first-order valence-corrected chi connectivity index (χ1v) is 24.2. The molecule has 20 heteroatoms. The van der Waals surface area contributed by atoms with Crippen LogP contribution in [-0.4, -0.2) is 106 Å². The molecule has 0 bridgehead atoms. The minimum absolute atomic E-state index is 0.00712. The van der Waals surface area contributed by atoms with E-state index in [0.29, 0.717) is 23.8 Å². The average molecular weight is 1010 g/mol. The second-order valence-electron chi connectivity index (χ2n) is 20.8. The summed E-state index contributed by atoms with van der Waals surface area (Å²) >= 11 is 5.65. The van der Waals surface area contributed by atoms with Gasteiger partial charge in [0.05, 0.1) is 65.6 Å². The third kappa shape index (κ3) is 10.6. The Morgan fingerprint density at radius 1 is 1.00 bits per heavy atom. The highest BCUT2D eigenvalue weighted by Gasteiger charge is 2.55.